The van der Waals surface area contributed by atoms with Gasteiger partial charge in [0, 0.05) is 6.42 Å². The largest absolute Gasteiger partial charge is 0.466 e. The maximum atomic E-state index is 11.9. The van der Waals surface area contributed by atoms with Crippen molar-refractivity contribution in [1.82, 2.24) is 0 Å². The number of carbonyl (C=O) groups is 1. The maximum Gasteiger partial charge on any atom is 0.305 e. The summed E-state index contributed by atoms with van der Waals surface area (Å²) < 4.78 is 5.45. The predicted octanol–water partition coefficient (Wildman–Crippen LogP) is 13.8. The van der Waals surface area contributed by atoms with Crippen molar-refractivity contribution in [3.8, 4) is 0 Å². The SMILES string of the molecule is CCCCCCCCCCCCCCCCCCCC(=O)OCCCCCCCCCCCCCCCCCC. The van der Waals surface area contributed by atoms with Gasteiger partial charge in [0.05, 0.1) is 6.61 Å². The van der Waals surface area contributed by atoms with Gasteiger partial charge in [0.15, 0.2) is 0 Å². The molecule has 0 bridgehead atoms. The Kier molecular flexibility index (Phi) is 36.0. The van der Waals surface area contributed by atoms with Crippen LogP contribution < -0.4 is 0 Å². The van der Waals surface area contributed by atoms with Crippen LogP contribution in [0.15, 0.2) is 0 Å². The maximum absolute atomic E-state index is 11.9. The van der Waals surface area contributed by atoms with Gasteiger partial charge < -0.3 is 4.74 Å². The molecule has 0 heterocycles. The van der Waals surface area contributed by atoms with Gasteiger partial charge in [-0.25, -0.2) is 0 Å². The monoisotopic (exact) mass is 565 g/mol. The van der Waals surface area contributed by atoms with Gasteiger partial charge in [-0.15, -0.1) is 0 Å². The summed E-state index contributed by atoms with van der Waals surface area (Å²) in [5, 5.41) is 0. The zero-order valence-corrected chi connectivity index (χ0v) is 28.1. The van der Waals surface area contributed by atoms with Gasteiger partial charge in [-0.1, -0.05) is 213 Å². The van der Waals surface area contributed by atoms with E-state index in [1.807, 2.05) is 0 Å². The van der Waals surface area contributed by atoms with E-state index in [1.165, 1.54) is 199 Å². The Morgan fingerprint density at radius 2 is 0.550 bits per heavy atom. The Balaban J connectivity index is 3.14. The fourth-order valence-electron chi connectivity index (χ4n) is 5.90. The average Bonchev–Trinajstić information content (AvgIpc) is 2.96. The first-order valence-corrected chi connectivity index (χ1v) is 19.0. The number of hydrogen-bond acceptors (Lipinski definition) is 2. The Morgan fingerprint density at radius 1 is 0.325 bits per heavy atom. The highest BCUT2D eigenvalue weighted by atomic mass is 16.5. The average molecular weight is 565 g/mol. The summed E-state index contributed by atoms with van der Waals surface area (Å²) >= 11 is 0. The van der Waals surface area contributed by atoms with Crippen LogP contribution >= 0.6 is 0 Å². The summed E-state index contributed by atoms with van der Waals surface area (Å²) in [5.41, 5.74) is 0. The second-order valence-electron chi connectivity index (χ2n) is 12.9. The van der Waals surface area contributed by atoms with Crippen molar-refractivity contribution < 1.29 is 9.53 Å². The number of esters is 1. The normalized spacial score (nSPS) is 11.3. The first-order valence-electron chi connectivity index (χ1n) is 19.0. The minimum atomic E-state index is 0.0296. The topological polar surface area (TPSA) is 26.3 Å². The summed E-state index contributed by atoms with van der Waals surface area (Å²) in [6, 6.07) is 0. The molecule has 0 saturated heterocycles. The molecule has 2 nitrogen and oxygen atoms in total. The van der Waals surface area contributed by atoms with Gasteiger partial charge in [0.25, 0.3) is 0 Å². The highest BCUT2D eigenvalue weighted by molar-refractivity contribution is 5.69. The third-order valence-corrected chi connectivity index (χ3v) is 8.75. The van der Waals surface area contributed by atoms with E-state index in [-0.39, 0.29) is 5.97 Å². The molecule has 0 spiro atoms. The molecule has 0 rings (SSSR count). The first kappa shape index (κ1) is 39.5. The minimum Gasteiger partial charge on any atom is -0.466 e. The summed E-state index contributed by atoms with van der Waals surface area (Å²) in [6.07, 6.45) is 46.0. The Bertz CT molecular complexity index is 420. The van der Waals surface area contributed by atoms with Gasteiger partial charge in [-0.2, -0.15) is 0 Å². The fraction of sp³-hybridized carbons (Fsp3) is 0.974. The summed E-state index contributed by atoms with van der Waals surface area (Å²) in [5.74, 6) is 0.0296. The number of carbonyl (C=O) groups excluding carboxylic acids is 1. The highest BCUT2D eigenvalue weighted by Crippen LogP contribution is 2.16. The first-order chi connectivity index (χ1) is 19.8. The fourth-order valence-corrected chi connectivity index (χ4v) is 5.90. The third kappa shape index (κ3) is 35.5. The van der Waals surface area contributed by atoms with Crippen LogP contribution in [-0.2, 0) is 9.53 Å². The predicted molar refractivity (Wildman–Crippen MR) is 179 cm³/mol. The number of ether oxygens (including phenoxy) is 1. The molecule has 2 heteroatoms. The lowest BCUT2D eigenvalue weighted by molar-refractivity contribution is -0.143. The van der Waals surface area contributed by atoms with Crippen LogP contribution in [0.3, 0.4) is 0 Å². The minimum absolute atomic E-state index is 0.0296. The van der Waals surface area contributed by atoms with E-state index in [2.05, 4.69) is 13.8 Å². The Labute approximate surface area is 254 Å². The lowest BCUT2D eigenvalue weighted by Gasteiger charge is -2.06. The van der Waals surface area contributed by atoms with Crippen LogP contribution in [0.1, 0.15) is 232 Å². The summed E-state index contributed by atoms with van der Waals surface area (Å²) in [4.78, 5) is 11.9. The highest BCUT2D eigenvalue weighted by Gasteiger charge is 2.03. The Morgan fingerprint density at radius 3 is 0.825 bits per heavy atom. The zero-order valence-electron chi connectivity index (χ0n) is 28.1. The van der Waals surface area contributed by atoms with Gasteiger partial charge >= 0.3 is 5.97 Å². The van der Waals surface area contributed by atoms with Crippen LogP contribution in [0.2, 0.25) is 0 Å². The molecule has 0 unspecified atom stereocenters. The zero-order chi connectivity index (χ0) is 29.0. The smallest absolute Gasteiger partial charge is 0.305 e. The number of rotatable bonds is 35. The van der Waals surface area contributed by atoms with Crippen molar-refractivity contribution in [2.75, 3.05) is 6.61 Å². The van der Waals surface area contributed by atoms with E-state index < -0.39 is 0 Å². The molecule has 0 aromatic carbocycles. The number of hydrogen-bond donors (Lipinski definition) is 0. The van der Waals surface area contributed by atoms with Crippen molar-refractivity contribution in [3.63, 3.8) is 0 Å². The quantitative estimate of drug-likeness (QED) is 0.0565. The van der Waals surface area contributed by atoms with Gasteiger partial charge in [0.2, 0.25) is 0 Å². The molecular formula is C38H76O2. The molecule has 0 aromatic heterocycles. The number of unbranched alkanes of at least 4 members (excludes halogenated alkanes) is 31. The van der Waals surface area contributed by atoms with Crippen LogP contribution in [0.5, 0.6) is 0 Å². The van der Waals surface area contributed by atoms with Gasteiger partial charge in [0.1, 0.15) is 0 Å². The van der Waals surface area contributed by atoms with E-state index in [0.29, 0.717) is 13.0 Å². The molecule has 0 aliphatic rings. The molecule has 0 fully saturated rings. The summed E-state index contributed by atoms with van der Waals surface area (Å²) in [6.45, 7) is 5.22. The van der Waals surface area contributed by atoms with E-state index in [1.54, 1.807) is 0 Å². The van der Waals surface area contributed by atoms with Crippen molar-refractivity contribution >= 4 is 5.97 Å². The molecular weight excluding hydrogens is 488 g/mol. The van der Waals surface area contributed by atoms with E-state index in [9.17, 15) is 4.79 Å². The molecule has 0 saturated carbocycles. The van der Waals surface area contributed by atoms with Crippen molar-refractivity contribution in [2.24, 2.45) is 0 Å². The standard InChI is InChI=1S/C38H76O2/c1-3-5-7-9-11-13-15-17-19-21-22-24-26-28-30-32-34-36-38(39)40-37-35-33-31-29-27-25-23-20-18-16-14-12-10-8-6-4-2/h3-37H2,1-2H3. The van der Waals surface area contributed by atoms with Crippen molar-refractivity contribution in [1.29, 1.82) is 0 Å². The van der Waals surface area contributed by atoms with Crippen LogP contribution in [0.25, 0.3) is 0 Å². The summed E-state index contributed by atoms with van der Waals surface area (Å²) in [7, 11) is 0. The molecule has 0 aromatic rings. The van der Waals surface area contributed by atoms with Gasteiger partial charge in [-0.3, -0.25) is 4.79 Å². The van der Waals surface area contributed by atoms with Crippen molar-refractivity contribution in [2.45, 2.75) is 232 Å². The molecule has 0 radical (unpaired) electrons. The molecule has 0 amide bonds. The molecule has 0 N–H and O–H groups in total. The van der Waals surface area contributed by atoms with Crippen LogP contribution in [0, 0.1) is 0 Å². The molecule has 40 heavy (non-hydrogen) atoms. The molecule has 0 atom stereocenters. The molecule has 240 valence electrons. The third-order valence-electron chi connectivity index (χ3n) is 8.75. The lowest BCUT2D eigenvalue weighted by Crippen LogP contribution is -2.05. The van der Waals surface area contributed by atoms with E-state index in [0.717, 1.165) is 12.8 Å². The van der Waals surface area contributed by atoms with Gasteiger partial charge in [-0.05, 0) is 12.8 Å². The Hall–Kier alpha value is -0.530. The lowest BCUT2D eigenvalue weighted by atomic mass is 10.0. The second-order valence-corrected chi connectivity index (χ2v) is 12.9. The van der Waals surface area contributed by atoms with E-state index in [4.69, 9.17) is 4.74 Å². The second kappa shape index (κ2) is 36.5. The van der Waals surface area contributed by atoms with Crippen LogP contribution in [-0.4, -0.2) is 12.6 Å². The van der Waals surface area contributed by atoms with Crippen molar-refractivity contribution in [3.05, 3.63) is 0 Å². The molecule has 0 aliphatic heterocycles. The van der Waals surface area contributed by atoms with Crippen LogP contribution in [0.4, 0.5) is 0 Å². The molecule has 0 aliphatic carbocycles. The van der Waals surface area contributed by atoms with E-state index >= 15 is 0 Å².